The van der Waals surface area contributed by atoms with Crippen molar-refractivity contribution in [2.75, 3.05) is 21.3 Å². The Labute approximate surface area is 110 Å². The Morgan fingerprint density at radius 1 is 1.11 bits per heavy atom. The predicted molar refractivity (Wildman–Crippen MR) is 69.2 cm³/mol. The molecule has 6 heteroatoms. The van der Waals surface area contributed by atoms with Gasteiger partial charge in [-0.1, -0.05) is 0 Å². The highest BCUT2D eigenvalue weighted by Gasteiger charge is 2.39. The summed E-state index contributed by atoms with van der Waals surface area (Å²) in [6, 6.07) is 0.450. The van der Waals surface area contributed by atoms with Gasteiger partial charge in [0.2, 0.25) is 0 Å². The third-order valence-corrected chi connectivity index (χ3v) is 6.32. The maximum Gasteiger partial charge on any atom is 0.500 e. The Bertz CT molecular complexity index is 263. The monoisotopic (exact) mass is 276 g/mol. The minimum Gasteiger partial charge on any atom is -0.459 e. The largest absolute Gasteiger partial charge is 0.500 e. The second kappa shape index (κ2) is 6.65. The van der Waals surface area contributed by atoms with Crippen molar-refractivity contribution in [1.82, 2.24) is 0 Å². The van der Waals surface area contributed by atoms with Crippen molar-refractivity contribution in [2.24, 2.45) is 0 Å². The number of carbonyl (C=O) groups excluding carboxylic acids is 1. The second-order valence-corrected chi connectivity index (χ2v) is 8.02. The summed E-state index contributed by atoms with van der Waals surface area (Å²) in [5, 5.41) is 0. The van der Waals surface area contributed by atoms with E-state index in [4.69, 9.17) is 18.0 Å². The molecule has 0 heterocycles. The van der Waals surface area contributed by atoms with Crippen molar-refractivity contribution < 1.29 is 22.8 Å². The molecule has 106 valence electrons. The van der Waals surface area contributed by atoms with Crippen LogP contribution in [0.1, 0.15) is 39.0 Å². The standard InChI is InChI=1S/C12H24O5Si/c1-12(8-5-6-9-12)17-11(13)7-10-18(14-2,15-3)16-4/h5-10H2,1-4H3. The van der Waals surface area contributed by atoms with Gasteiger partial charge in [-0.2, -0.15) is 0 Å². The first-order chi connectivity index (χ1) is 8.49. The molecule has 0 aromatic carbocycles. The Morgan fingerprint density at radius 2 is 1.61 bits per heavy atom. The predicted octanol–water partition coefficient (Wildman–Crippen LogP) is 2.13. The van der Waals surface area contributed by atoms with Crippen LogP contribution in [-0.4, -0.2) is 41.7 Å². The number of ether oxygens (including phenoxy) is 1. The molecule has 0 unspecified atom stereocenters. The van der Waals surface area contributed by atoms with E-state index in [1.54, 1.807) is 21.3 Å². The molecule has 0 N–H and O–H groups in total. The molecule has 1 aliphatic rings. The van der Waals surface area contributed by atoms with Crippen LogP contribution in [0.3, 0.4) is 0 Å². The summed E-state index contributed by atoms with van der Waals surface area (Å²) in [6.07, 6.45) is 4.46. The van der Waals surface area contributed by atoms with Gasteiger partial charge in [0.1, 0.15) is 5.60 Å². The normalized spacial score (nSPS) is 18.9. The van der Waals surface area contributed by atoms with Crippen LogP contribution in [0.15, 0.2) is 0 Å². The van der Waals surface area contributed by atoms with Gasteiger partial charge >= 0.3 is 14.8 Å². The Hall–Kier alpha value is -0.433. The second-order valence-electron chi connectivity index (χ2n) is 4.93. The molecule has 0 radical (unpaired) electrons. The van der Waals surface area contributed by atoms with E-state index < -0.39 is 8.80 Å². The lowest BCUT2D eigenvalue weighted by Crippen LogP contribution is -2.43. The van der Waals surface area contributed by atoms with Gasteiger partial charge in [0.25, 0.3) is 0 Å². The molecule has 1 fully saturated rings. The van der Waals surface area contributed by atoms with Crippen molar-refractivity contribution in [3.8, 4) is 0 Å². The fourth-order valence-electron chi connectivity index (χ4n) is 2.36. The molecule has 0 spiro atoms. The van der Waals surface area contributed by atoms with Crippen LogP contribution in [0.25, 0.3) is 0 Å². The van der Waals surface area contributed by atoms with Crippen LogP contribution in [0.4, 0.5) is 0 Å². The third-order valence-electron chi connectivity index (χ3n) is 3.59. The minimum atomic E-state index is -2.66. The van der Waals surface area contributed by atoms with Crippen LogP contribution in [-0.2, 0) is 22.8 Å². The molecule has 0 aromatic rings. The number of carbonyl (C=O) groups is 1. The van der Waals surface area contributed by atoms with Crippen molar-refractivity contribution in [2.45, 2.75) is 50.7 Å². The molecule has 0 aromatic heterocycles. The fourth-order valence-corrected chi connectivity index (χ4v) is 3.98. The van der Waals surface area contributed by atoms with Crippen LogP contribution >= 0.6 is 0 Å². The summed E-state index contributed by atoms with van der Waals surface area (Å²) in [7, 11) is 1.97. The lowest BCUT2D eigenvalue weighted by Gasteiger charge is -2.26. The molecule has 0 bridgehead atoms. The maximum absolute atomic E-state index is 11.8. The lowest BCUT2D eigenvalue weighted by molar-refractivity contribution is -0.157. The van der Waals surface area contributed by atoms with E-state index in [0.29, 0.717) is 6.04 Å². The van der Waals surface area contributed by atoms with E-state index in [0.717, 1.165) is 25.7 Å². The Kier molecular flexibility index (Phi) is 5.77. The molecule has 1 saturated carbocycles. The zero-order valence-corrected chi connectivity index (χ0v) is 12.8. The summed E-state index contributed by atoms with van der Waals surface area (Å²) in [5.74, 6) is -0.192. The molecule has 0 atom stereocenters. The zero-order valence-electron chi connectivity index (χ0n) is 11.8. The van der Waals surface area contributed by atoms with Crippen LogP contribution < -0.4 is 0 Å². The molecule has 5 nitrogen and oxygen atoms in total. The van der Waals surface area contributed by atoms with Crippen molar-refractivity contribution >= 4 is 14.8 Å². The molecular formula is C12H24O5Si. The first-order valence-electron chi connectivity index (χ1n) is 6.36. The topological polar surface area (TPSA) is 54.0 Å². The van der Waals surface area contributed by atoms with Crippen LogP contribution in [0.2, 0.25) is 6.04 Å². The Morgan fingerprint density at radius 3 is 2.06 bits per heavy atom. The molecule has 0 aliphatic heterocycles. The average Bonchev–Trinajstić information content (AvgIpc) is 2.78. The highest BCUT2D eigenvalue weighted by atomic mass is 28.4. The molecule has 0 amide bonds. The highest BCUT2D eigenvalue weighted by Crippen LogP contribution is 2.33. The number of hydrogen-bond donors (Lipinski definition) is 0. The molecular weight excluding hydrogens is 252 g/mol. The summed E-state index contributed by atoms with van der Waals surface area (Å²) < 4.78 is 21.3. The average molecular weight is 276 g/mol. The van der Waals surface area contributed by atoms with Gasteiger partial charge in [-0.15, -0.1) is 0 Å². The smallest absolute Gasteiger partial charge is 0.459 e. The number of hydrogen-bond acceptors (Lipinski definition) is 5. The molecule has 18 heavy (non-hydrogen) atoms. The Balaban J connectivity index is 2.40. The van der Waals surface area contributed by atoms with E-state index in [1.165, 1.54) is 0 Å². The van der Waals surface area contributed by atoms with Crippen molar-refractivity contribution in [1.29, 1.82) is 0 Å². The third kappa shape index (κ3) is 4.05. The highest BCUT2D eigenvalue weighted by molar-refractivity contribution is 6.60. The number of rotatable bonds is 7. The molecule has 1 rings (SSSR count). The van der Waals surface area contributed by atoms with Crippen LogP contribution in [0.5, 0.6) is 0 Å². The number of esters is 1. The first kappa shape index (κ1) is 15.6. The maximum atomic E-state index is 11.8. The quantitative estimate of drug-likeness (QED) is 0.526. The molecule has 0 saturated heterocycles. The van der Waals surface area contributed by atoms with Gasteiger partial charge < -0.3 is 18.0 Å². The minimum absolute atomic E-state index is 0.192. The van der Waals surface area contributed by atoms with Gasteiger partial charge in [0.15, 0.2) is 0 Å². The zero-order chi connectivity index (χ0) is 13.6. The summed E-state index contributed by atoms with van der Waals surface area (Å²) in [4.78, 5) is 11.8. The van der Waals surface area contributed by atoms with Crippen molar-refractivity contribution in [3.05, 3.63) is 0 Å². The van der Waals surface area contributed by atoms with Gasteiger partial charge in [-0.05, 0) is 32.6 Å². The van der Waals surface area contributed by atoms with E-state index in [-0.39, 0.29) is 18.0 Å². The van der Waals surface area contributed by atoms with Crippen LogP contribution in [0, 0.1) is 0 Å². The summed E-state index contributed by atoms with van der Waals surface area (Å²) >= 11 is 0. The van der Waals surface area contributed by atoms with Gasteiger partial charge in [0.05, 0.1) is 0 Å². The SMILES string of the molecule is CO[Si](CCC(=O)OC1(C)CCCC1)(OC)OC. The van der Waals surface area contributed by atoms with E-state index in [2.05, 4.69) is 0 Å². The van der Waals surface area contributed by atoms with Gasteiger partial charge in [-0.3, -0.25) is 4.79 Å². The van der Waals surface area contributed by atoms with E-state index in [9.17, 15) is 4.79 Å². The van der Waals surface area contributed by atoms with E-state index in [1.807, 2.05) is 6.92 Å². The first-order valence-corrected chi connectivity index (χ1v) is 8.30. The van der Waals surface area contributed by atoms with Crippen molar-refractivity contribution in [3.63, 3.8) is 0 Å². The summed E-state index contributed by atoms with van der Waals surface area (Å²) in [6.45, 7) is 2.01. The summed E-state index contributed by atoms with van der Waals surface area (Å²) in [5.41, 5.74) is -0.269. The van der Waals surface area contributed by atoms with Gasteiger partial charge in [0, 0.05) is 33.8 Å². The lowest BCUT2D eigenvalue weighted by atomic mass is 10.1. The van der Waals surface area contributed by atoms with E-state index >= 15 is 0 Å². The van der Waals surface area contributed by atoms with Gasteiger partial charge in [-0.25, -0.2) is 0 Å². The molecule has 1 aliphatic carbocycles. The fraction of sp³-hybridized carbons (Fsp3) is 0.917.